The largest absolute Gasteiger partial charge is 0.475 e. The minimum absolute atomic E-state index is 0.124. The van der Waals surface area contributed by atoms with Crippen LogP contribution >= 0.6 is 7.82 Å². The molecule has 0 bridgehead atoms. The molecule has 2 aliphatic rings. The van der Waals surface area contributed by atoms with Crippen LogP contribution in [0.25, 0.3) is 0 Å². The summed E-state index contributed by atoms with van der Waals surface area (Å²) in [6, 6.07) is 4.42. The number of amides is 2. The van der Waals surface area contributed by atoms with Crippen LogP contribution in [0.3, 0.4) is 0 Å². The first kappa shape index (κ1) is 29.0. The third-order valence-corrected chi connectivity index (χ3v) is 7.65. The van der Waals surface area contributed by atoms with E-state index in [-0.39, 0.29) is 43.2 Å². The maximum Gasteiger partial charge on any atom is 0.475 e. The first-order valence-corrected chi connectivity index (χ1v) is 13.9. The Bertz CT molecular complexity index is 1030. The molecule has 0 radical (unpaired) electrons. The van der Waals surface area contributed by atoms with Gasteiger partial charge in [0.1, 0.15) is 18.5 Å². The van der Waals surface area contributed by atoms with Crippen molar-refractivity contribution in [3.8, 4) is 0 Å². The van der Waals surface area contributed by atoms with E-state index in [9.17, 15) is 14.2 Å². The van der Waals surface area contributed by atoms with Gasteiger partial charge in [-0.05, 0) is 39.8 Å². The summed E-state index contributed by atoms with van der Waals surface area (Å²) in [6.07, 6.45) is 0.184. The maximum atomic E-state index is 15.2. The second-order valence-corrected chi connectivity index (χ2v) is 10.7. The van der Waals surface area contributed by atoms with Crippen LogP contribution in [-0.4, -0.2) is 80.1 Å². The minimum atomic E-state index is -3.80. The van der Waals surface area contributed by atoms with E-state index in [0.29, 0.717) is 43.0 Å². The van der Waals surface area contributed by atoms with Crippen LogP contribution in [0.2, 0.25) is 0 Å². The number of nitrogens with one attached hydrogen (secondary N) is 1. The minimum Gasteiger partial charge on any atom is -0.390 e. The Labute approximate surface area is 216 Å². The highest BCUT2D eigenvalue weighted by Gasteiger charge is 2.36. The van der Waals surface area contributed by atoms with Gasteiger partial charge in [0.25, 0.3) is 0 Å². The number of piperazine rings is 1. The van der Waals surface area contributed by atoms with E-state index in [1.165, 1.54) is 13.0 Å². The smallest absolute Gasteiger partial charge is 0.390 e. The van der Waals surface area contributed by atoms with E-state index >= 15 is 4.39 Å². The lowest BCUT2D eigenvalue weighted by atomic mass is 10.0. The molecule has 206 valence electrons. The van der Waals surface area contributed by atoms with E-state index in [2.05, 4.69) is 10.5 Å². The fourth-order valence-electron chi connectivity index (χ4n) is 4.56. The monoisotopic (exact) mass is 542 g/mol. The predicted octanol–water partition coefficient (Wildman–Crippen LogP) is 3.08. The van der Waals surface area contributed by atoms with Crippen molar-refractivity contribution >= 4 is 31.0 Å². The molecule has 1 fully saturated rings. The van der Waals surface area contributed by atoms with Gasteiger partial charge < -0.3 is 20.0 Å². The van der Waals surface area contributed by atoms with Crippen molar-refractivity contribution < 1.29 is 37.0 Å². The molecule has 3 atom stereocenters. The Morgan fingerprint density at radius 3 is 2.38 bits per heavy atom. The topological polar surface area (TPSA) is 119 Å². The fourth-order valence-corrected chi connectivity index (χ4v) is 5.68. The number of phosphoric acid groups is 1. The van der Waals surface area contributed by atoms with Crippen molar-refractivity contribution in [1.82, 2.24) is 10.2 Å². The summed E-state index contributed by atoms with van der Waals surface area (Å²) >= 11 is 0. The molecule has 0 aliphatic carbocycles. The highest BCUT2D eigenvalue weighted by atomic mass is 31.2. The average Bonchev–Trinajstić information content (AvgIpc) is 3.30. The number of oxime groups is 1. The number of nitrogens with zero attached hydrogens (tertiary/aromatic N) is 3. The lowest BCUT2D eigenvalue weighted by Crippen LogP contribution is -2.59. The first-order chi connectivity index (χ1) is 17.6. The number of rotatable bonds is 11. The molecular formula is C24H36FN4O7P. The predicted molar refractivity (Wildman–Crippen MR) is 136 cm³/mol. The molecule has 3 unspecified atom stereocenters. The molecule has 1 N–H and O–H groups in total. The van der Waals surface area contributed by atoms with E-state index in [0.717, 1.165) is 0 Å². The van der Waals surface area contributed by atoms with Gasteiger partial charge in [0.15, 0.2) is 0 Å². The highest BCUT2D eigenvalue weighted by Crippen LogP contribution is 2.49. The van der Waals surface area contributed by atoms with Crippen LogP contribution in [0.4, 0.5) is 10.1 Å². The molecular weight excluding hydrogens is 506 g/mol. The van der Waals surface area contributed by atoms with Crippen LogP contribution in [0, 0.1) is 5.82 Å². The Kier molecular flexibility index (Phi) is 10.1. The third-order valence-electron chi connectivity index (χ3n) is 6.06. The molecule has 13 heteroatoms. The molecule has 1 saturated heterocycles. The van der Waals surface area contributed by atoms with Gasteiger partial charge in [0.2, 0.25) is 11.8 Å². The Morgan fingerprint density at radius 2 is 1.81 bits per heavy atom. The maximum absolute atomic E-state index is 15.2. The van der Waals surface area contributed by atoms with Crippen LogP contribution < -0.4 is 10.2 Å². The van der Waals surface area contributed by atoms with E-state index in [1.54, 1.807) is 30.9 Å². The lowest BCUT2D eigenvalue weighted by molar-refractivity contribution is -0.139. The second kappa shape index (κ2) is 12.8. The summed E-state index contributed by atoms with van der Waals surface area (Å²) in [5.41, 5.74) is 1.67. The van der Waals surface area contributed by atoms with E-state index in [1.807, 2.05) is 18.7 Å². The summed E-state index contributed by atoms with van der Waals surface area (Å²) in [7, 11) is -3.80. The molecule has 2 aliphatic heterocycles. The van der Waals surface area contributed by atoms with Crippen molar-refractivity contribution in [1.29, 1.82) is 0 Å². The number of hydrogen-bond acceptors (Lipinski definition) is 9. The van der Waals surface area contributed by atoms with Crippen molar-refractivity contribution in [2.45, 2.75) is 59.2 Å². The van der Waals surface area contributed by atoms with Gasteiger partial charge in [-0.2, -0.15) is 0 Å². The zero-order valence-electron chi connectivity index (χ0n) is 21.9. The molecule has 0 aromatic heterocycles. The van der Waals surface area contributed by atoms with Crippen molar-refractivity contribution in [2.75, 3.05) is 44.4 Å². The summed E-state index contributed by atoms with van der Waals surface area (Å²) < 4.78 is 43.1. The van der Waals surface area contributed by atoms with Crippen molar-refractivity contribution in [3.63, 3.8) is 0 Å². The normalized spacial score (nSPS) is 22.0. The number of halogens is 1. The molecule has 11 nitrogen and oxygen atoms in total. The van der Waals surface area contributed by atoms with Gasteiger partial charge in [-0.1, -0.05) is 11.2 Å². The van der Waals surface area contributed by atoms with E-state index < -0.39 is 20.2 Å². The lowest BCUT2D eigenvalue weighted by Gasteiger charge is -2.45. The Hall–Kier alpha value is -2.53. The summed E-state index contributed by atoms with van der Waals surface area (Å²) in [5, 5.41) is 6.74. The number of carbonyl (C=O) groups is 2. The number of anilines is 1. The number of phosphoric ester groups is 1. The number of hydrogen-bond donors (Lipinski definition) is 1. The van der Waals surface area contributed by atoms with Gasteiger partial charge in [0, 0.05) is 44.1 Å². The Morgan fingerprint density at radius 1 is 1.16 bits per heavy atom. The van der Waals surface area contributed by atoms with Crippen LogP contribution in [0.5, 0.6) is 0 Å². The van der Waals surface area contributed by atoms with E-state index in [4.69, 9.17) is 18.4 Å². The molecule has 3 rings (SSSR count). The zero-order valence-corrected chi connectivity index (χ0v) is 22.8. The first-order valence-electron chi connectivity index (χ1n) is 12.4. The van der Waals surface area contributed by atoms with Gasteiger partial charge >= 0.3 is 7.82 Å². The van der Waals surface area contributed by atoms with Gasteiger partial charge in [0.05, 0.1) is 31.2 Å². The number of carbonyl (C=O) groups excluding carboxylic acids is 2. The second-order valence-electron chi connectivity index (χ2n) is 9.03. The van der Waals surface area contributed by atoms with Gasteiger partial charge in [-0.3, -0.25) is 23.2 Å². The van der Waals surface area contributed by atoms with Crippen molar-refractivity contribution in [3.05, 3.63) is 29.6 Å². The standard InChI is InChI=1S/C24H36FN4O7P/c1-6-33-37(32,34-7-2)35-15-24(31)29-16(3)13-28(14-17(29)4)23-9-8-19(10-21(23)25)22-11-20(36-27-22)12-26-18(5)30/h8-10,16-17,20H,6-7,11-15H2,1-5H3,(H,26,30). The molecule has 0 spiro atoms. The molecule has 1 aromatic rings. The third kappa shape index (κ3) is 7.50. The molecule has 2 heterocycles. The fraction of sp³-hybridized carbons (Fsp3) is 0.625. The quantitative estimate of drug-likeness (QED) is 0.424. The van der Waals surface area contributed by atoms with Crippen LogP contribution in [0.1, 0.15) is 46.6 Å². The zero-order chi connectivity index (χ0) is 27.2. The summed E-state index contributed by atoms with van der Waals surface area (Å²) in [4.78, 5) is 32.9. The number of benzene rings is 1. The van der Waals surface area contributed by atoms with Crippen LogP contribution in [-0.2, 0) is 32.6 Å². The molecule has 37 heavy (non-hydrogen) atoms. The Balaban J connectivity index is 1.61. The molecule has 1 aromatic carbocycles. The molecule has 0 saturated carbocycles. The van der Waals surface area contributed by atoms with Gasteiger partial charge in [-0.15, -0.1) is 0 Å². The van der Waals surface area contributed by atoms with Crippen molar-refractivity contribution in [2.24, 2.45) is 5.16 Å². The average molecular weight is 543 g/mol. The van der Waals surface area contributed by atoms with Crippen LogP contribution in [0.15, 0.2) is 23.4 Å². The van der Waals surface area contributed by atoms with Gasteiger partial charge in [-0.25, -0.2) is 8.96 Å². The SMILES string of the molecule is CCOP(=O)(OCC)OCC(=O)N1C(C)CN(c2ccc(C3=NOC(CNC(C)=O)C3)cc2F)CC1C. The highest BCUT2D eigenvalue weighted by molar-refractivity contribution is 7.48. The molecule has 2 amide bonds. The summed E-state index contributed by atoms with van der Waals surface area (Å²) in [5.74, 6) is -0.896. The summed E-state index contributed by atoms with van der Waals surface area (Å²) in [6.45, 7) is 9.45.